The summed E-state index contributed by atoms with van der Waals surface area (Å²) in [6.07, 6.45) is 3.87. The highest BCUT2D eigenvalue weighted by Gasteiger charge is 2.42. The van der Waals surface area contributed by atoms with Gasteiger partial charge in [0.15, 0.2) is 0 Å². The minimum absolute atomic E-state index is 0.132. The van der Waals surface area contributed by atoms with E-state index in [1.165, 1.54) is 24.6 Å². The fourth-order valence-corrected chi connectivity index (χ4v) is 11.6. The van der Waals surface area contributed by atoms with Crippen LogP contribution in [0.25, 0.3) is 10.4 Å². The fraction of sp³-hybridized carbons (Fsp3) is 0.509. The highest BCUT2D eigenvalue weighted by Crippen LogP contribution is 2.39. The highest BCUT2D eigenvalue weighted by molar-refractivity contribution is 7.17. The molecule has 19 heteroatoms. The van der Waals surface area contributed by atoms with Gasteiger partial charge in [-0.05, 0) is 107 Å². The largest absolute Gasteiger partial charge is 0.370 e. The van der Waals surface area contributed by atoms with Crippen LogP contribution in [0.15, 0.2) is 59.0 Å². The van der Waals surface area contributed by atoms with Crippen LogP contribution in [0.5, 0.6) is 0 Å². The Hall–Kier alpha value is -5.37. The van der Waals surface area contributed by atoms with Crippen LogP contribution in [0.1, 0.15) is 93.1 Å². The standard InChI is InChI=1S/C34H51N7O3S.C17H17ClN4S.C2H5NO/c1-24-30(45-23-37-24)27-9-7-25(8-10-27)20-36-32(43)28-6-5-15-41(28)33(44)31(34(2,3)4)38-29(42)22-40-18-16-39(17-19-40)21-26-11-13-35-14-12-26;1-9-10(2)23-17-15(9)16(12-4-6-13(18)7-5-12)21-8-14(20)22(17)11(3)19;1-2(3)4/h7-10,23,26,28,31,35H,5-6,11-22H2,1-4H3,(H,36,43)(H,38,42);4-7,19-20H,8H2,1-3H3;1H3,(H2,3,4). The number of nitrogens with two attached hydrogens (primary N) is 1. The quantitative estimate of drug-likeness (QED) is 0.0672. The molecule has 3 fully saturated rings. The van der Waals surface area contributed by atoms with Gasteiger partial charge in [-0.15, -0.1) is 22.7 Å². The number of fused-ring (bicyclic) bond motifs is 1. The van der Waals surface area contributed by atoms with Crippen LogP contribution in [-0.4, -0.2) is 138 Å². The Morgan fingerprint density at radius 2 is 1.54 bits per heavy atom. The van der Waals surface area contributed by atoms with Gasteiger partial charge >= 0.3 is 0 Å². The smallest absolute Gasteiger partial charge is 0.246 e. The predicted molar refractivity (Wildman–Crippen MR) is 293 cm³/mol. The number of carbonyl (C=O) groups is 4. The molecular formula is C53H73ClN12O4S2. The van der Waals surface area contributed by atoms with Crippen LogP contribution in [0.4, 0.5) is 5.00 Å². The second kappa shape index (κ2) is 25.5. The van der Waals surface area contributed by atoms with Crippen molar-refractivity contribution >= 4 is 80.3 Å². The van der Waals surface area contributed by atoms with E-state index in [0.29, 0.717) is 36.2 Å². The molecule has 3 saturated heterocycles. The summed E-state index contributed by atoms with van der Waals surface area (Å²) in [5.41, 5.74) is 13.0. The summed E-state index contributed by atoms with van der Waals surface area (Å²) in [5, 5.41) is 27.5. The topological polar surface area (TPSA) is 216 Å². The molecule has 0 aliphatic carbocycles. The molecule has 8 rings (SSSR count). The van der Waals surface area contributed by atoms with Crippen molar-refractivity contribution in [1.29, 1.82) is 10.8 Å². The Balaban J connectivity index is 0.000000261. The fourth-order valence-electron chi connectivity index (χ4n) is 9.42. The Morgan fingerprint density at radius 3 is 2.14 bits per heavy atom. The molecule has 2 atom stereocenters. The van der Waals surface area contributed by atoms with Crippen molar-refractivity contribution in [3.05, 3.63) is 91.9 Å². The number of piperidine rings is 1. The number of nitrogens with one attached hydrogen (secondary N) is 5. The first-order chi connectivity index (χ1) is 34.2. The van der Waals surface area contributed by atoms with Crippen molar-refractivity contribution in [2.24, 2.45) is 22.1 Å². The Kier molecular flexibility index (Phi) is 19.8. The van der Waals surface area contributed by atoms with Crippen molar-refractivity contribution < 1.29 is 19.2 Å². The van der Waals surface area contributed by atoms with Crippen LogP contribution >= 0.6 is 34.3 Å². The number of anilines is 1. The van der Waals surface area contributed by atoms with Gasteiger partial charge in [-0.25, -0.2) is 4.98 Å². The molecule has 4 amide bonds. The van der Waals surface area contributed by atoms with Gasteiger partial charge in [-0.1, -0.05) is 68.8 Å². The number of benzene rings is 2. The second-order valence-corrected chi connectivity index (χ2v) is 22.6. The van der Waals surface area contributed by atoms with E-state index >= 15 is 0 Å². The number of piperazine rings is 1. The molecule has 0 spiro atoms. The van der Waals surface area contributed by atoms with Gasteiger partial charge in [0.2, 0.25) is 23.6 Å². The molecule has 2 aromatic carbocycles. The van der Waals surface area contributed by atoms with E-state index in [-0.39, 0.29) is 36.7 Å². The lowest BCUT2D eigenvalue weighted by molar-refractivity contribution is -0.144. The number of thiophene rings is 1. The molecule has 0 saturated carbocycles. The van der Waals surface area contributed by atoms with E-state index in [9.17, 15) is 19.2 Å². The van der Waals surface area contributed by atoms with Crippen molar-refractivity contribution in [3.8, 4) is 10.4 Å². The van der Waals surface area contributed by atoms with Crippen molar-refractivity contribution in [1.82, 2.24) is 35.6 Å². The van der Waals surface area contributed by atoms with Crippen LogP contribution in [0, 0.1) is 42.9 Å². The number of hydrogen-bond acceptors (Lipinski definition) is 13. The van der Waals surface area contributed by atoms with Crippen molar-refractivity contribution in [3.63, 3.8) is 0 Å². The summed E-state index contributed by atoms with van der Waals surface area (Å²) in [6, 6.07) is 14.5. The van der Waals surface area contributed by atoms with Gasteiger partial charge in [0, 0.05) is 73.8 Å². The van der Waals surface area contributed by atoms with E-state index in [1.54, 1.807) is 39.4 Å². The number of nitrogens with zero attached hydrogens (tertiary/aromatic N) is 6. The molecule has 0 bridgehead atoms. The van der Waals surface area contributed by atoms with Gasteiger partial charge < -0.3 is 31.5 Å². The number of carbonyl (C=O) groups excluding carboxylic acids is 4. The van der Waals surface area contributed by atoms with E-state index in [2.05, 4.69) is 67.4 Å². The molecule has 2 unspecified atom stereocenters. The first-order valence-corrected chi connectivity index (χ1v) is 26.9. The summed E-state index contributed by atoms with van der Waals surface area (Å²) in [6.45, 7) is 23.5. The average molecular weight is 1040 g/mol. The molecule has 0 radical (unpaired) electrons. The van der Waals surface area contributed by atoms with Gasteiger partial charge in [0.05, 0.1) is 34.9 Å². The van der Waals surface area contributed by atoms with E-state index in [1.807, 2.05) is 69.6 Å². The number of halogens is 1. The number of hydrogen-bond donors (Lipinski definition) is 6. The Labute approximate surface area is 438 Å². The molecule has 16 nitrogen and oxygen atoms in total. The van der Waals surface area contributed by atoms with Gasteiger partial charge in [-0.3, -0.25) is 44.8 Å². The lowest BCUT2D eigenvalue weighted by Crippen LogP contribution is -2.59. The summed E-state index contributed by atoms with van der Waals surface area (Å²) >= 11 is 9.22. The number of thiazole rings is 1. The first kappa shape index (κ1) is 55.9. The van der Waals surface area contributed by atoms with Crippen molar-refractivity contribution in [2.45, 2.75) is 99.7 Å². The molecule has 4 aliphatic heterocycles. The molecule has 388 valence electrons. The number of amides is 4. The maximum atomic E-state index is 13.9. The zero-order chi connectivity index (χ0) is 52.3. The number of primary amides is 1. The van der Waals surface area contributed by atoms with Gasteiger partial charge in [0.1, 0.15) is 28.8 Å². The predicted octanol–water partition coefficient (Wildman–Crippen LogP) is 7.02. The van der Waals surface area contributed by atoms with Gasteiger partial charge in [-0.2, -0.15) is 0 Å². The van der Waals surface area contributed by atoms with Gasteiger partial charge in [0.25, 0.3) is 0 Å². The zero-order valence-corrected chi connectivity index (χ0v) is 45.5. The summed E-state index contributed by atoms with van der Waals surface area (Å²) in [5.74, 6) is 0.636. The minimum Gasteiger partial charge on any atom is -0.370 e. The number of rotatable bonds is 11. The molecule has 4 aliphatic rings. The first-order valence-electron chi connectivity index (χ1n) is 24.8. The van der Waals surface area contributed by atoms with Crippen LogP contribution in [-0.2, 0) is 25.7 Å². The van der Waals surface area contributed by atoms with Crippen LogP contribution in [0.2, 0.25) is 5.02 Å². The van der Waals surface area contributed by atoms with E-state index in [4.69, 9.17) is 22.4 Å². The zero-order valence-electron chi connectivity index (χ0n) is 43.1. The summed E-state index contributed by atoms with van der Waals surface area (Å²) in [7, 11) is 0. The number of aliphatic imine (C=N–C) groups is 1. The lowest BCUT2D eigenvalue weighted by atomic mass is 9.85. The van der Waals surface area contributed by atoms with E-state index in [0.717, 1.165) is 107 Å². The third-order valence-electron chi connectivity index (χ3n) is 13.4. The van der Waals surface area contributed by atoms with E-state index < -0.39 is 17.5 Å². The third-order valence-corrected chi connectivity index (χ3v) is 15.8. The number of aryl methyl sites for hydroxylation is 2. The Bertz CT molecular complexity index is 2570. The third kappa shape index (κ3) is 14.9. The lowest BCUT2D eigenvalue weighted by Gasteiger charge is -2.38. The van der Waals surface area contributed by atoms with Crippen LogP contribution in [0.3, 0.4) is 0 Å². The average Bonchev–Trinajstić information content (AvgIpc) is 4.05. The molecular weight excluding hydrogens is 968 g/mol. The SMILES string of the molecule is CC(=N)N1C(=N)CN=C(c2ccc(Cl)cc2)c2c1sc(C)c2C.CC(N)=O.Cc1ncsc1-c1ccc(CNC(=O)C2CCCN2C(=O)C(NC(=O)CN2CCN(CC3CCNCC3)CC2)C(C)(C)C)cc1. The summed E-state index contributed by atoms with van der Waals surface area (Å²) in [4.78, 5) is 69.1. The monoisotopic (exact) mass is 1040 g/mol. The summed E-state index contributed by atoms with van der Waals surface area (Å²) < 4.78 is 0. The Morgan fingerprint density at radius 1 is 0.917 bits per heavy atom. The number of aromatic nitrogens is 1. The number of likely N-dealkylation sites (tertiary alicyclic amines) is 1. The molecule has 7 N–H and O–H groups in total. The second-order valence-electron chi connectivity index (χ2n) is 20.1. The molecule has 2 aromatic heterocycles. The van der Waals surface area contributed by atoms with Crippen LogP contribution < -0.4 is 26.6 Å². The highest BCUT2D eigenvalue weighted by atomic mass is 35.5. The molecule has 6 heterocycles. The van der Waals surface area contributed by atoms with Crippen molar-refractivity contribution in [2.75, 3.05) is 70.3 Å². The number of amidine groups is 2. The maximum Gasteiger partial charge on any atom is 0.246 e. The molecule has 4 aromatic rings. The molecule has 72 heavy (non-hydrogen) atoms. The maximum absolute atomic E-state index is 13.9. The normalized spacial score (nSPS) is 18.1. The minimum atomic E-state index is -0.706.